The smallest absolute Gasteiger partial charge is 0.0431 e. The molecule has 0 saturated heterocycles. The summed E-state index contributed by atoms with van der Waals surface area (Å²) in [6, 6.07) is 0. The maximum atomic E-state index is 8.52. The van der Waals surface area contributed by atoms with Gasteiger partial charge in [-0.05, 0) is 32.2 Å². The van der Waals surface area contributed by atoms with Gasteiger partial charge in [-0.15, -0.1) is 0 Å². The Morgan fingerprint density at radius 3 is 2.55 bits per heavy atom. The van der Waals surface area contributed by atoms with E-state index in [9.17, 15) is 0 Å². The van der Waals surface area contributed by atoms with Crippen molar-refractivity contribution in [1.29, 1.82) is 0 Å². The van der Waals surface area contributed by atoms with Gasteiger partial charge in [0.15, 0.2) is 0 Å². The fourth-order valence-corrected chi connectivity index (χ4v) is 1.19. The van der Waals surface area contributed by atoms with Crippen molar-refractivity contribution in [2.75, 3.05) is 19.7 Å². The van der Waals surface area contributed by atoms with Crippen LogP contribution in [0.2, 0.25) is 0 Å². The van der Waals surface area contributed by atoms with Gasteiger partial charge in [0.2, 0.25) is 0 Å². The lowest BCUT2D eigenvalue weighted by molar-refractivity contribution is 0.282. The number of hydrogen-bond acceptors (Lipinski definition) is 3. The second-order valence-electron chi connectivity index (χ2n) is 3.34. The molecule has 0 spiro atoms. The molecule has 0 radical (unpaired) electrons. The Hall–Kier alpha value is -0.120. The van der Waals surface area contributed by atoms with E-state index in [0.29, 0.717) is 6.61 Å². The van der Waals surface area contributed by atoms with Gasteiger partial charge in [0.05, 0.1) is 0 Å². The van der Waals surface area contributed by atoms with E-state index < -0.39 is 0 Å². The Balaban J connectivity index is 1.94. The maximum absolute atomic E-state index is 8.52. The van der Waals surface area contributed by atoms with Crippen LogP contribution in [0.1, 0.15) is 25.7 Å². The summed E-state index contributed by atoms with van der Waals surface area (Å²) in [5.41, 5.74) is 5.86. The highest BCUT2D eigenvalue weighted by Gasteiger charge is 2.40. The molecule has 0 atom stereocenters. The minimum Gasteiger partial charge on any atom is -0.396 e. The molecule has 1 fully saturated rings. The van der Waals surface area contributed by atoms with Crippen LogP contribution in [0.3, 0.4) is 0 Å². The molecule has 0 aliphatic heterocycles. The molecule has 1 rings (SSSR count). The molecule has 66 valence electrons. The van der Waals surface area contributed by atoms with E-state index in [2.05, 4.69) is 5.32 Å². The minimum absolute atomic E-state index is 0.287. The van der Waals surface area contributed by atoms with Crippen LogP contribution < -0.4 is 11.1 Å². The van der Waals surface area contributed by atoms with Crippen LogP contribution in [0.15, 0.2) is 0 Å². The number of rotatable bonds is 6. The summed E-state index contributed by atoms with van der Waals surface area (Å²) in [5, 5.41) is 11.9. The highest BCUT2D eigenvalue weighted by molar-refractivity contribution is 5.02. The summed E-state index contributed by atoms with van der Waals surface area (Å²) in [4.78, 5) is 0. The monoisotopic (exact) mass is 158 g/mol. The van der Waals surface area contributed by atoms with Gasteiger partial charge in [-0.3, -0.25) is 0 Å². The summed E-state index contributed by atoms with van der Waals surface area (Å²) in [6.45, 7) is 2.06. The maximum Gasteiger partial charge on any atom is 0.0431 e. The number of nitrogens with two attached hydrogens (primary N) is 1. The van der Waals surface area contributed by atoms with Crippen molar-refractivity contribution in [3.05, 3.63) is 0 Å². The standard InChI is InChI=1S/C8H18N2O/c9-7-8(3-4-8)10-5-1-2-6-11/h10-11H,1-7,9H2. The van der Waals surface area contributed by atoms with Gasteiger partial charge in [0.1, 0.15) is 0 Å². The fourth-order valence-electron chi connectivity index (χ4n) is 1.19. The third-order valence-electron chi connectivity index (χ3n) is 2.33. The third-order valence-corrected chi connectivity index (χ3v) is 2.33. The van der Waals surface area contributed by atoms with Crippen molar-refractivity contribution in [1.82, 2.24) is 5.32 Å². The molecule has 0 aromatic rings. The molecular formula is C8H18N2O. The number of nitrogens with one attached hydrogen (secondary N) is 1. The molecule has 3 heteroatoms. The number of aliphatic hydroxyl groups excluding tert-OH is 1. The zero-order chi connectivity index (χ0) is 8.16. The lowest BCUT2D eigenvalue weighted by Crippen LogP contribution is -2.38. The summed E-state index contributed by atoms with van der Waals surface area (Å²) in [5.74, 6) is 0. The third kappa shape index (κ3) is 2.77. The van der Waals surface area contributed by atoms with Crippen LogP contribution in [-0.2, 0) is 0 Å². The Morgan fingerprint density at radius 2 is 2.09 bits per heavy atom. The lowest BCUT2D eigenvalue weighted by Gasteiger charge is -2.13. The molecule has 0 amide bonds. The van der Waals surface area contributed by atoms with Crippen LogP contribution in [0, 0.1) is 0 Å². The van der Waals surface area contributed by atoms with Gasteiger partial charge in [-0.1, -0.05) is 0 Å². The van der Waals surface area contributed by atoms with Crippen LogP contribution in [-0.4, -0.2) is 30.3 Å². The van der Waals surface area contributed by atoms with Crippen LogP contribution >= 0.6 is 0 Å². The first kappa shape index (κ1) is 8.97. The molecule has 1 aliphatic carbocycles. The summed E-state index contributed by atoms with van der Waals surface area (Å²) >= 11 is 0. The number of aliphatic hydroxyl groups is 1. The van der Waals surface area contributed by atoms with Gasteiger partial charge in [-0.2, -0.15) is 0 Å². The van der Waals surface area contributed by atoms with Gasteiger partial charge in [0, 0.05) is 18.7 Å². The second kappa shape index (κ2) is 4.04. The Bertz CT molecular complexity index is 113. The molecule has 11 heavy (non-hydrogen) atoms. The Labute approximate surface area is 68.0 Å². The van der Waals surface area contributed by atoms with Crippen molar-refractivity contribution in [2.45, 2.75) is 31.2 Å². The Kier molecular flexibility index (Phi) is 3.30. The first-order chi connectivity index (χ1) is 5.33. The highest BCUT2D eigenvalue weighted by Crippen LogP contribution is 2.33. The van der Waals surface area contributed by atoms with Crippen molar-refractivity contribution in [2.24, 2.45) is 5.73 Å². The molecule has 3 nitrogen and oxygen atoms in total. The number of unbranched alkanes of at least 4 members (excludes halogenated alkanes) is 1. The van der Waals surface area contributed by atoms with Crippen LogP contribution in [0.5, 0.6) is 0 Å². The molecular weight excluding hydrogens is 140 g/mol. The average molecular weight is 158 g/mol. The van der Waals surface area contributed by atoms with Crippen molar-refractivity contribution in [3.63, 3.8) is 0 Å². The van der Waals surface area contributed by atoms with Crippen molar-refractivity contribution in [3.8, 4) is 0 Å². The first-order valence-corrected chi connectivity index (χ1v) is 4.39. The van der Waals surface area contributed by atoms with Gasteiger partial charge in [-0.25, -0.2) is 0 Å². The normalized spacial score (nSPS) is 20.2. The molecule has 0 bridgehead atoms. The lowest BCUT2D eigenvalue weighted by atomic mass is 10.2. The Morgan fingerprint density at radius 1 is 1.36 bits per heavy atom. The summed E-state index contributed by atoms with van der Waals surface area (Å²) < 4.78 is 0. The van der Waals surface area contributed by atoms with Gasteiger partial charge < -0.3 is 16.2 Å². The number of hydrogen-bond donors (Lipinski definition) is 3. The van der Waals surface area contributed by atoms with Crippen molar-refractivity contribution >= 4 is 0 Å². The first-order valence-electron chi connectivity index (χ1n) is 4.39. The largest absolute Gasteiger partial charge is 0.396 e. The average Bonchev–Trinajstić information content (AvgIpc) is 2.80. The van der Waals surface area contributed by atoms with E-state index in [1.165, 1.54) is 12.8 Å². The second-order valence-corrected chi connectivity index (χ2v) is 3.34. The van der Waals surface area contributed by atoms with Gasteiger partial charge >= 0.3 is 0 Å². The molecule has 4 N–H and O–H groups in total. The quantitative estimate of drug-likeness (QED) is 0.471. The topological polar surface area (TPSA) is 58.3 Å². The molecule has 1 saturated carbocycles. The van der Waals surface area contributed by atoms with E-state index in [0.717, 1.165) is 25.9 Å². The fraction of sp³-hybridized carbons (Fsp3) is 1.00. The zero-order valence-corrected chi connectivity index (χ0v) is 6.97. The SMILES string of the molecule is NCC1(NCCCCO)CC1. The van der Waals surface area contributed by atoms with Crippen LogP contribution in [0.25, 0.3) is 0 Å². The predicted octanol–water partition coefficient (Wildman–Crippen LogP) is -0.160. The van der Waals surface area contributed by atoms with Crippen molar-refractivity contribution < 1.29 is 5.11 Å². The molecule has 1 aliphatic rings. The van der Waals surface area contributed by atoms with E-state index in [4.69, 9.17) is 10.8 Å². The summed E-state index contributed by atoms with van der Waals surface area (Å²) in [7, 11) is 0. The van der Waals surface area contributed by atoms with E-state index in [1.54, 1.807) is 0 Å². The molecule has 0 aromatic heterocycles. The molecule has 0 heterocycles. The van der Waals surface area contributed by atoms with E-state index in [1.807, 2.05) is 0 Å². The minimum atomic E-state index is 0.287. The van der Waals surface area contributed by atoms with Crippen LogP contribution in [0.4, 0.5) is 0 Å². The van der Waals surface area contributed by atoms with Gasteiger partial charge in [0.25, 0.3) is 0 Å². The highest BCUT2D eigenvalue weighted by atomic mass is 16.2. The summed E-state index contributed by atoms with van der Waals surface area (Å²) in [6.07, 6.45) is 4.40. The zero-order valence-electron chi connectivity index (χ0n) is 6.97. The van der Waals surface area contributed by atoms with E-state index >= 15 is 0 Å². The van der Waals surface area contributed by atoms with E-state index in [-0.39, 0.29) is 5.54 Å². The predicted molar refractivity (Wildman–Crippen MR) is 45.3 cm³/mol. The molecule has 0 aromatic carbocycles. The molecule has 0 unspecified atom stereocenters.